The van der Waals surface area contributed by atoms with Crippen molar-refractivity contribution in [2.75, 3.05) is 13.2 Å². The summed E-state index contributed by atoms with van der Waals surface area (Å²) < 4.78 is 13.7. The van der Waals surface area contributed by atoms with Gasteiger partial charge in [0.05, 0.1) is 12.2 Å². The van der Waals surface area contributed by atoms with Gasteiger partial charge >= 0.3 is 0 Å². The summed E-state index contributed by atoms with van der Waals surface area (Å²) >= 11 is 0. The average molecular weight is 277 g/mol. The molecule has 0 aromatic heterocycles. The van der Waals surface area contributed by atoms with E-state index in [1.807, 2.05) is 13.8 Å². The van der Waals surface area contributed by atoms with Gasteiger partial charge in [0.1, 0.15) is 5.82 Å². The van der Waals surface area contributed by atoms with Gasteiger partial charge in [-0.25, -0.2) is 4.39 Å². The SMILES string of the molecule is CCC(C)CNC(=O)c1cc(C#CCCO)ccc1F. The minimum absolute atomic E-state index is 0.00380. The number of nitrogens with one attached hydrogen (secondary N) is 1. The summed E-state index contributed by atoms with van der Waals surface area (Å²) in [6.07, 6.45) is 1.31. The summed E-state index contributed by atoms with van der Waals surface area (Å²) in [5, 5.41) is 11.4. The van der Waals surface area contributed by atoms with Crippen LogP contribution in [-0.4, -0.2) is 24.2 Å². The molecule has 0 aliphatic carbocycles. The van der Waals surface area contributed by atoms with E-state index in [-0.39, 0.29) is 12.2 Å². The molecular weight excluding hydrogens is 257 g/mol. The zero-order valence-corrected chi connectivity index (χ0v) is 11.9. The van der Waals surface area contributed by atoms with Gasteiger partial charge in [0, 0.05) is 18.5 Å². The number of aliphatic hydroxyl groups excluding tert-OH is 1. The van der Waals surface area contributed by atoms with Crippen molar-refractivity contribution < 1.29 is 14.3 Å². The van der Waals surface area contributed by atoms with Gasteiger partial charge in [0.2, 0.25) is 0 Å². The molecule has 0 spiro atoms. The van der Waals surface area contributed by atoms with Crippen molar-refractivity contribution >= 4 is 5.91 Å². The summed E-state index contributed by atoms with van der Waals surface area (Å²) in [5.74, 6) is 4.91. The monoisotopic (exact) mass is 277 g/mol. The highest BCUT2D eigenvalue weighted by Crippen LogP contribution is 2.10. The lowest BCUT2D eigenvalue weighted by atomic mass is 10.1. The molecule has 0 saturated carbocycles. The minimum atomic E-state index is -0.556. The smallest absolute Gasteiger partial charge is 0.254 e. The molecule has 108 valence electrons. The first-order valence-electron chi connectivity index (χ1n) is 6.76. The summed E-state index contributed by atoms with van der Waals surface area (Å²) in [6.45, 7) is 4.56. The summed E-state index contributed by atoms with van der Waals surface area (Å²) in [5.41, 5.74) is 0.567. The van der Waals surface area contributed by atoms with E-state index in [9.17, 15) is 9.18 Å². The number of rotatable bonds is 5. The third-order valence-electron chi connectivity index (χ3n) is 2.99. The first-order chi connectivity index (χ1) is 9.58. The molecule has 1 aromatic carbocycles. The van der Waals surface area contributed by atoms with Crippen molar-refractivity contribution in [3.63, 3.8) is 0 Å². The molecule has 1 amide bonds. The number of hydrogen-bond acceptors (Lipinski definition) is 2. The van der Waals surface area contributed by atoms with E-state index in [1.165, 1.54) is 18.2 Å². The third kappa shape index (κ3) is 5.02. The van der Waals surface area contributed by atoms with Crippen LogP contribution in [-0.2, 0) is 0 Å². The Kier molecular flexibility index (Phi) is 6.75. The number of amides is 1. The summed E-state index contributed by atoms with van der Waals surface area (Å²) in [7, 11) is 0. The first-order valence-corrected chi connectivity index (χ1v) is 6.76. The zero-order chi connectivity index (χ0) is 15.0. The van der Waals surface area contributed by atoms with Crippen LogP contribution in [0.3, 0.4) is 0 Å². The molecule has 0 bridgehead atoms. The molecule has 4 heteroatoms. The molecule has 1 rings (SSSR count). The number of benzene rings is 1. The van der Waals surface area contributed by atoms with Gasteiger partial charge in [-0.15, -0.1) is 0 Å². The van der Waals surface area contributed by atoms with Crippen LogP contribution in [0.25, 0.3) is 0 Å². The largest absolute Gasteiger partial charge is 0.395 e. The van der Waals surface area contributed by atoms with Crippen LogP contribution in [0.4, 0.5) is 4.39 Å². The maximum Gasteiger partial charge on any atom is 0.254 e. The quantitative estimate of drug-likeness (QED) is 0.812. The summed E-state index contributed by atoms with van der Waals surface area (Å²) in [4.78, 5) is 11.9. The van der Waals surface area contributed by atoms with Crippen LogP contribution >= 0.6 is 0 Å². The molecule has 20 heavy (non-hydrogen) atoms. The van der Waals surface area contributed by atoms with Crippen LogP contribution < -0.4 is 5.32 Å². The Bertz CT molecular complexity index is 517. The van der Waals surface area contributed by atoms with Crippen molar-refractivity contribution in [3.05, 3.63) is 35.1 Å². The standard InChI is InChI=1S/C16H20FNO2/c1-3-12(2)11-18-16(20)14-10-13(6-4-5-9-19)7-8-15(14)17/h7-8,10,12,19H,3,5,9,11H2,1-2H3,(H,18,20). The third-order valence-corrected chi connectivity index (χ3v) is 2.99. The van der Waals surface area contributed by atoms with Gasteiger partial charge < -0.3 is 10.4 Å². The molecule has 1 atom stereocenters. The van der Waals surface area contributed by atoms with E-state index >= 15 is 0 Å². The topological polar surface area (TPSA) is 49.3 Å². The predicted octanol–water partition coefficient (Wildman–Crippen LogP) is 2.34. The van der Waals surface area contributed by atoms with Gasteiger partial charge in [0.25, 0.3) is 5.91 Å². The molecule has 0 aliphatic rings. The van der Waals surface area contributed by atoms with E-state index in [1.54, 1.807) is 0 Å². The van der Waals surface area contributed by atoms with Crippen molar-refractivity contribution in [1.82, 2.24) is 5.32 Å². The Morgan fingerprint density at radius 3 is 2.90 bits per heavy atom. The Labute approximate surface area is 119 Å². The van der Waals surface area contributed by atoms with E-state index in [0.717, 1.165) is 6.42 Å². The van der Waals surface area contributed by atoms with Crippen LogP contribution in [0.2, 0.25) is 0 Å². The van der Waals surface area contributed by atoms with Crippen LogP contribution in [0.1, 0.15) is 42.6 Å². The number of hydrogen-bond donors (Lipinski definition) is 2. The normalized spacial score (nSPS) is 11.4. The average Bonchev–Trinajstić information content (AvgIpc) is 2.46. The second-order valence-electron chi connectivity index (χ2n) is 4.69. The molecular formula is C16H20FNO2. The number of aliphatic hydroxyl groups is 1. The lowest BCUT2D eigenvalue weighted by molar-refractivity contribution is 0.0943. The Morgan fingerprint density at radius 1 is 1.50 bits per heavy atom. The van der Waals surface area contributed by atoms with Crippen molar-refractivity contribution in [1.29, 1.82) is 0 Å². The van der Waals surface area contributed by atoms with Crippen LogP contribution in [0, 0.1) is 23.6 Å². The van der Waals surface area contributed by atoms with Gasteiger partial charge in [-0.1, -0.05) is 32.1 Å². The van der Waals surface area contributed by atoms with Crippen LogP contribution in [0.15, 0.2) is 18.2 Å². The van der Waals surface area contributed by atoms with E-state index in [0.29, 0.717) is 24.4 Å². The minimum Gasteiger partial charge on any atom is -0.395 e. The lowest BCUT2D eigenvalue weighted by Crippen LogP contribution is -2.28. The van der Waals surface area contributed by atoms with Gasteiger partial charge in [-0.2, -0.15) is 0 Å². The van der Waals surface area contributed by atoms with Crippen molar-refractivity contribution in [3.8, 4) is 11.8 Å². The molecule has 3 nitrogen and oxygen atoms in total. The highest BCUT2D eigenvalue weighted by atomic mass is 19.1. The highest BCUT2D eigenvalue weighted by Gasteiger charge is 2.12. The predicted molar refractivity (Wildman–Crippen MR) is 76.8 cm³/mol. The van der Waals surface area contributed by atoms with Crippen LogP contribution in [0.5, 0.6) is 0 Å². The van der Waals surface area contributed by atoms with Gasteiger partial charge in [0.15, 0.2) is 0 Å². The maximum absolute atomic E-state index is 13.7. The highest BCUT2D eigenvalue weighted by molar-refractivity contribution is 5.94. The fraction of sp³-hybridized carbons (Fsp3) is 0.438. The maximum atomic E-state index is 13.7. The number of carbonyl (C=O) groups is 1. The van der Waals surface area contributed by atoms with Gasteiger partial charge in [-0.05, 0) is 24.1 Å². The van der Waals surface area contributed by atoms with E-state index in [4.69, 9.17) is 5.11 Å². The molecule has 0 heterocycles. The second kappa shape index (κ2) is 8.34. The fourth-order valence-electron chi connectivity index (χ4n) is 1.50. The summed E-state index contributed by atoms with van der Waals surface area (Å²) in [6, 6.07) is 4.19. The molecule has 0 fully saturated rings. The molecule has 0 saturated heterocycles. The van der Waals surface area contributed by atoms with Crippen molar-refractivity contribution in [2.45, 2.75) is 26.7 Å². The van der Waals surface area contributed by atoms with E-state index in [2.05, 4.69) is 17.2 Å². The van der Waals surface area contributed by atoms with E-state index < -0.39 is 11.7 Å². The van der Waals surface area contributed by atoms with Gasteiger partial charge in [-0.3, -0.25) is 4.79 Å². The number of halogens is 1. The molecule has 0 radical (unpaired) electrons. The Balaban J connectivity index is 2.81. The number of carbonyl (C=O) groups excluding carboxylic acids is 1. The fourth-order valence-corrected chi connectivity index (χ4v) is 1.50. The molecule has 0 aliphatic heterocycles. The molecule has 1 unspecified atom stereocenters. The Morgan fingerprint density at radius 2 is 2.25 bits per heavy atom. The lowest BCUT2D eigenvalue weighted by Gasteiger charge is -2.10. The first kappa shape index (κ1) is 16.2. The second-order valence-corrected chi connectivity index (χ2v) is 4.69. The molecule has 1 aromatic rings. The van der Waals surface area contributed by atoms with Crippen molar-refractivity contribution in [2.24, 2.45) is 5.92 Å². The Hall–Kier alpha value is -1.86. The molecule has 2 N–H and O–H groups in total. The zero-order valence-electron chi connectivity index (χ0n) is 11.9.